The van der Waals surface area contributed by atoms with E-state index < -0.39 is 21.6 Å². The Hall–Kier alpha value is -2.59. The molecule has 1 N–H and O–H groups in total. The Morgan fingerprint density at radius 2 is 2.00 bits per heavy atom. The molecule has 1 heterocycles. The van der Waals surface area contributed by atoms with Crippen LogP contribution in [0.25, 0.3) is 10.9 Å². The molecule has 1 aromatic heterocycles. The average molecular weight is 468 g/mol. The number of carbonyl (C=O) groups excluding carboxylic acids is 1. The molecule has 0 saturated heterocycles. The molecule has 2 aromatic carbocycles. The molecular weight excluding hydrogens is 453 g/mol. The van der Waals surface area contributed by atoms with Gasteiger partial charge in [-0.3, -0.25) is 14.2 Å². The first-order valence-electron chi connectivity index (χ1n) is 8.09. The molecule has 0 fully saturated rings. The van der Waals surface area contributed by atoms with Crippen LogP contribution in [0.5, 0.6) is 0 Å². The van der Waals surface area contributed by atoms with Crippen molar-refractivity contribution in [2.45, 2.75) is 17.9 Å². The number of benzene rings is 2. The first-order chi connectivity index (χ1) is 13.1. The van der Waals surface area contributed by atoms with Crippen LogP contribution in [0.1, 0.15) is 6.42 Å². The summed E-state index contributed by atoms with van der Waals surface area (Å²) >= 11 is 3.30. The maximum Gasteiger partial charge on any atom is 0.261 e. The van der Waals surface area contributed by atoms with E-state index in [2.05, 4.69) is 26.2 Å². The van der Waals surface area contributed by atoms with Crippen LogP contribution in [0.2, 0.25) is 0 Å². The maximum atomic E-state index is 13.9. The van der Waals surface area contributed by atoms with E-state index in [0.29, 0.717) is 10.9 Å². The zero-order chi connectivity index (χ0) is 20.5. The molecule has 146 valence electrons. The molecule has 0 aliphatic carbocycles. The quantitative estimate of drug-likeness (QED) is 0.581. The van der Waals surface area contributed by atoms with Crippen molar-refractivity contribution in [3.05, 3.63) is 63.4 Å². The van der Waals surface area contributed by atoms with E-state index in [0.717, 1.165) is 28.9 Å². The van der Waals surface area contributed by atoms with Gasteiger partial charge in [-0.15, -0.1) is 0 Å². The average Bonchev–Trinajstić information content (AvgIpc) is 2.62. The van der Waals surface area contributed by atoms with E-state index in [-0.39, 0.29) is 29.1 Å². The second-order valence-electron chi connectivity index (χ2n) is 6.12. The van der Waals surface area contributed by atoms with Crippen LogP contribution in [0.15, 0.2) is 56.9 Å². The molecule has 28 heavy (non-hydrogen) atoms. The third kappa shape index (κ3) is 4.45. The van der Waals surface area contributed by atoms with Crippen LogP contribution >= 0.6 is 15.9 Å². The molecular formula is C18H15BrFN3O4S. The lowest BCUT2D eigenvalue weighted by Crippen LogP contribution is -2.24. The number of nitrogens with one attached hydrogen (secondary N) is 1. The van der Waals surface area contributed by atoms with Crippen molar-refractivity contribution >= 4 is 48.3 Å². The van der Waals surface area contributed by atoms with Crippen molar-refractivity contribution in [3.8, 4) is 0 Å². The van der Waals surface area contributed by atoms with Gasteiger partial charge in [-0.2, -0.15) is 0 Å². The van der Waals surface area contributed by atoms with Gasteiger partial charge in [-0.25, -0.2) is 17.8 Å². The summed E-state index contributed by atoms with van der Waals surface area (Å²) in [6.45, 7) is 0.0352. The second kappa shape index (κ2) is 7.80. The minimum Gasteiger partial charge on any atom is -0.324 e. The number of hydrogen-bond donors (Lipinski definition) is 1. The molecule has 0 aliphatic heterocycles. The molecule has 7 nitrogen and oxygen atoms in total. The number of nitrogens with zero attached hydrogens (tertiary/aromatic N) is 2. The molecule has 3 rings (SSSR count). The smallest absolute Gasteiger partial charge is 0.261 e. The summed E-state index contributed by atoms with van der Waals surface area (Å²) in [4.78, 5) is 28.7. The fourth-order valence-electron chi connectivity index (χ4n) is 2.56. The Kier molecular flexibility index (Phi) is 5.61. The number of fused-ring (bicyclic) bond motifs is 1. The number of aromatic nitrogens is 2. The lowest BCUT2D eigenvalue weighted by atomic mass is 10.2. The molecule has 0 unspecified atom stereocenters. The van der Waals surface area contributed by atoms with Crippen molar-refractivity contribution < 1.29 is 17.6 Å². The largest absolute Gasteiger partial charge is 0.324 e. The lowest BCUT2D eigenvalue weighted by Gasteiger charge is -2.09. The minimum absolute atomic E-state index is 0.0352. The molecule has 3 aromatic rings. The summed E-state index contributed by atoms with van der Waals surface area (Å²) in [5.41, 5.74) is -0.00115. The molecule has 0 radical (unpaired) electrons. The Morgan fingerprint density at radius 3 is 2.71 bits per heavy atom. The highest BCUT2D eigenvalue weighted by Gasteiger charge is 2.14. The highest BCUT2D eigenvalue weighted by atomic mass is 79.9. The number of hydrogen-bond acceptors (Lipinski definition) is 5. The van der Waals surface area contributed by atoms with Gasteiger partial charge in [-0.1, -0.05) is 15.9 Å². The van der Waals surface area contributed by atoms with Gasteiger partial charge in [0.2, 0.25) is 5.91 Å². The van der Waals surface area contributed by atoms with Gasteiger partial charge in [0.05, 0.1) is 27.8 Å². The van der Waals surface area contributed by atoms with Gasteiger partial charge in [0.1, 0.15) is 5.82 Å². The summed E-state index contributed by atoms with van der Waals surface area (Å²) < 4.78 is 39.1. The SMILES string of the molecule is CS(=O)(=O)c1ccc(F)c(NC(=O)CCn2cnc3ccc(Br)cc3c2=O)c1. The summed E-state index contributed by atoms with van der Waals surface area (Å²) in [6.07, 6.45) is 2.21. The van der Waals surface area contributed by atoms with Gasteiger partial charge in [0.15, 0.2) is 9.84 Å². The fraction of sp³-hybridized carbons (Fsp3) is 0.167. The first kappa shape index (κ1) is 20.2. The highest BCUT2D eigenvalue weighted by Crippen LogP contribution is 2.20. The number of carbonyl (C=O) groups is 1. The van der Waals surface area contributed by atoms with Crippen LogP contribution in [-0.2, 0) is 21.2 Å². The number of aryl methyl sites for hydroxylation is 1. The topological polar surface area (TPSA) is 98.1 Å². The Morgan fingerprint density at radius 1 is 1.25 bits per heavy atom. The molecule has 0 saturated carbocycles. The second-order valence-corrected chi connectivity index (χ2v) is 9.05. The van der Waals surface area contributed by atoms with Gasteiger partial charge in [0, 0.05) is 23.7 Å². The zero-order valence-electron chi connectivity index (χ0n) is 14.6. The fourth-order valence-corrected chi connectivity index (χ4v) is 3.56. The number of amides is 1. The van der Waals surface area contributed by atoms with Gasteiger partial charge < -0.3 is 5.32 Å². The summed E-state index contributed by atoms with van der Waals surface area (Å²) in [5.74, 6) is -1.32. The Labute approximate surface area is 168 Å². The number of anilines is 1. The lowest BCUT2D eigenvalue weighted by molar-refractivity contribution is -0.116. The molecule has 0 spiro atoms. The van der Waals surface area contributed by atoms with Crippen molar-refractivity contribution in [1.29, 1.82) is 0 Å². The van der Waals surface area contributed by atoms with E-state index in [9.17, 15) is 22.4 Å². The highest BCUT2D eigenvalue weighted by molar-refractivity contribution is 9.10. The molecule has 10 heteroatoms. The first-order valence-corrected chi connectivity index (χ1v) is 10.8. The predicted octanol–water partition coefficient (Wildman–Crippen LogP) is 2.73. The van der Waals surface area contributed by atoms with Crippen molar-refractivity contribution in [2.75, 3.05) is 11.6 Å². The number of sulfone groups is 1. The van der Waals surface area contributed by atoms with Crippen LogP contribution in [0.3, 0.4) is 0 Å². The third-order valence-corrected chi connectivity index (χ3v) is 5.61. The maximum absolute atomic E-state index is 13.9. The standard InChI is InChI=1S/C18H15BrFN3O4S/c1-28(26,27)12-3-4-14(20)16(9-12)22-17(24)6-7-23-10-21-15-5-2-11(19)8-13(15)18(23)25/h2-5,8-10H,6-7H2,1H3,(H,22,24). The van der Waals surface area contributed by atoms with Crippen LogP contribution < -0.4 is 10.9 Å². The third-order valence-electron chi connectivity index (χ3n) is 4.01. The van der Waals surface area contributed by atoms with E-state index in [4.69, 9.17) is 0 Å². The van der Waals surface area contributed by atoms with E-state index in [1.165, 1.54) is 10.9 Å². The van der Waals surface area contributed by atoms with E-state index in [1.54, 1.807) is 18.2 Å². The van der Waals surface area contributed by atoms with Crippen LogP contribution in [-0.4, -0.2) is 30.1 Å². The molecule has 0 bridgehead atoms. The van der Waals surface area contributed by atoms with E-state index in [1.807, 2.05) is 0 Å². The normalized spacial score (nSPS) is 11.5. The summed E-state index contributed by atoms with van der Waals surface area (Å²) in [5, 5.41) is 2.74. The van der Waals surface area contributed by atoms with Crippen LogP contribution in [0.4, 0.5) is 10.1 Å². The predicted molar refractivity (Wildman–Crippen MR) is 106 cm³/mol. The number of halogens is 2. The zero-order valence-corrected chi connectivity index (χ0v) is 17.0. The van der Waals surface area contributed by atoms with Crippen molar-refractivity contribution in [2.24, 2.45) is 0 Å². The Bertz CT molecular complexity index is 1240. The monoisotopic (exact) mass is 467 g/mol. The summed E-state index contributed by atoms with van der Waals surface area (Å²) in [7, 11) is -3.54. The van der Waals surface area contributed by atoms with Gasteiger partial charge in [-0.05, 0) is 36.4 Å². The van der Waals surface area contributed by atoms with Gasteiger partial charge >= 0.3 is 0 Å². The molecule has 1 amide bonds. The minimum atomic E-state index is -3.54. The van der Waals surface area contributed by atoms with E-state index >= 15 is 0 Å². The van der Waals surface area contributed by atoms with Crippen LogP contribution in [0, 0.1) is 5.82 Å². The number of rotatable bonds is 5. The summed E-state index contributed by atoms with van der Waals surface area (Å²) in [6, 6.07) is 8.28. The Balaban J connectivity index is 1.76. The molecule has 0 aliphatic rings. The van der Waals surface area contributed by atoms with Gasteiger partial charge in [0.25, 0.3) is 5.56 Å². The van der Waals surface area contributed by atoms with Crippen molar-refractivity contribution in [3.63, 3.8) is 0 Å². The molecule has 0 atom stereocenters. The van der Waals surface area contributed by atoms with Crippen molar-refractivity contribution in [1.82, 2.24) is 9.55 Å².